The fourth-order valence-corrected chi connectivity index (χ4v) is 6.11. The van der Waals surface area contributed by atoms with E-state index < -0.39 is 0 Å². The second-order valence-corrected chi connectivity index (χ2v) is 9.99. The molecule has 0 spiro atoms. The van der Waals surface area contributed by atoms with Gasteiger partial charge in [-0.3, -0.25) is 4.98 Å². The molecule has 0 unspecified atom stereocenters. The first kappa shape index (κ1) is 24.7. The van der Waals surface area contributed by atoms with Crippen molar-refractivity contribution in [3.63, 3.8) is 0 Å². The Morgan fingerprint density at radius 2 is 1.42 bits per heavy atom. The Hall–Kier alpha value is -3.01. The van der Waals surface area contributed by atoms with E-state index in [1.54, 1.807) is 0 Å². The molecule has 2 aliphatic heterocycles. The van der Waals surface area contributed by atoms with Crippen molar-refractivity contribution in [3.8, 4) is 11.4 Å². The summed E-state index contributed by atoms with van der Waals surface area (Å²) >= 11 is 0. The molecule has 7 heteroatoms. The fourth-order valence-electron chi connectivity index (χ4n) is 6.11. The van der Waals surface area contributed by atoms with E-state index in [9.17, 15) is 0 Å². The number of aryl methyl sites for hydroxylation is 4. The number of fused-ring (bicyclic) bond motifs is 5. The van der Waals surface area contributed by atoms with E-state index in [0.29, 0.717) is 0 Å². The van der Waals surface area contributed by atoms with E-state index >= 15 is 0 Å². The van der Waals surface area contributed by atoms with Crippen molar-refractivity contribution in [2.24, 2.45) is 0 Å². The van der Waals surface area contributed by atoms with Crippen molar-refractivity contribution < 1.29 is 20.1 Å². The number of hydrogen-bond donors (Lipinski definition) is 0. The molecule has 0 saturated heterocycles. The molecule has 0 N–H and O–H groups in total. The summed E-state index contributed by atoms with van der Waals surface area (Å²) in [5.41, 5.74) is 12.4. The molecule has 1 radical (unpaired) electrons. The van der Waals surface area contributed by atoms with Crippen molar-refractivity contribution in [2.45, 2.75) is 27.7 Å². The Kier molecular flexibility index (Phi) is 6.26. The normalized spacial score (nSPS) is 13.8. The minimum absolute atomic E-state index is 0. The number of nitrogens with zero attached hydrogens (tertiary/aromatic N) is 4. The molecule has 1 aromatic heterocycles. The number of hydrogen-bond acceptors (Lipinski definition) is 3. The number of anilines is 1. The van der Waals surface area contributed by atoms with Crippen LogP contribution in [0.5, 0.6) is 0 Å². The van der Waals surface area contributed by atoms with Gasteiger partial charge in [0.2, 0.25) is 0 Å². The monoisotopic (exact) mass is 648 g/mol. The Morgan fingerprint density at radius 3 is 2.06 bits per heavy atom. The van der Waals surface area contributed by atoms with Gasteiger partial charge in [-0.25, -0.2) is 0 Å². The minimum atomic E-state index is -0.00234. The first-order valence-corrected chi connectivity index (χ1v) is 12.3. The van der Waals surface area contributed by atoms with Crippen LogP contribution in [0.15, 0.2) is 60.8 Å². The molecular weight excluding hydrogens is 618 g/mol. The Balaban J connectivity index is 0.00000267. The zero-order valence-corrected chi connectivity index (χ0v) is 24.0. The smallest absolute Gasteiger partial charge is 0.399 e. The molecule has 4 aromatic rings. The van der Waals surface area contributed by atoms with Gasteiger partial charge in [-0.2, -0.15) is 0 Å². The van der Waals surface area contributed by atoms with Crippen LogP contribution in [-0.2, 0) is 20.1 Å². The molecule has 0 saturated carbocycles. The van der Waals surface area contributed by atoms with Crippen LogP contribution in [0.2, 0.25) is 0 Å². The zero-order valence-electron chi connectivity index (χ0n) is 21.6. The predicted octanol–water partition coefficient (Wildman–Crippen LogP) is 3.30. The van der Waals surface area contributed by atoms with Gasteiger partial charge in [0.25, 0.3) is 0 Å². The quantitative estimate of drug-likeness (QED) is 0.247. The van der Waals surface area contributed by atoms with Crippen LogP contribution in [0.4, 0.5) is 5.69 Å². The van der Waals surface area contributed by atoms with Crippen LogP contribution >= 0.6 is 0 Å². The first-order chi connectivity index (χ1) is 16.9. The predicted molar refractivity (Wildman–Crippen MR) is 149 cm³/mol. The summed E-state index contributed by atoms with van der Waals surface area (Å²) in [4.78, 5) is 9.99. The molecule has 0 aliphatic carbocycles. The Morgan fingerprint density at radius 1 is 0.806 bits per heavy atom. The van der Waals surface area contributed by atoms with Gasteiger partial charge in [0, 0.05) is 31.5 Å². The molecule has 2 aliphatic rings. The maximum absolute atomic E-state index is 5.26. The van der Waals surface area contributed by atoms with E-state index in [-0.39, 0.29) is 33.9 Å². The van der Waals surface area contributed by atoms with E-state index in [0.717, 1.165) is 22.8 Å². The average molecular weight is 647 g/mol. The average Bonchev–Trinajstić information content (AvgIpc) is 3.22. The third-order valence-electron chi connectivity index (χ3n) is 7.78. The molecule has 36 heavy (non-hydrogen) atoms. The largest absolute Gasteiger partial charge is 0.436 e. The van der Waals surface area contributed by atoms with Gasteiger partial charge in [-0.05, 0) is 65.0 Å². The van der Waals surface area contributed by atoms with Crippen LogP contribution in [0.25, 0.3) is 17.5 Å². The molecule has 0 bridgehead atoms. The zero-order chi connectivity index (χ0) is 24.4. The van der Waals surface area contributed by atoms with E-state index in [1.165, 1.54) is 38.8 Å². The summed E-state index contributed by atoms with van der Waals surface area (Å²) < 4.78 is 2.49. The van der Waals surface area contributed by atoms with Gasteiger partial charge in [0.05, 0.1) is 5.69 Å². The van der Waals surface area contributed by atoms with Gasteiger partial charge in [-0.15, -0.1) is 24.3 Å². The third-order valence-corrected chi connectivity index (χ3v) is 7.78. The van der Waals surface area contributed by atoms with Gasteiger partial charge >= 0.3 is 13.8 Å². The van der Waals surface area contributed by atoms with Gasteiger partial charge in [-0.1, -0.05) is 69.9 Å². The Labute approximate surface area is 228 Å². The molecule has 0 atom stereocenters. The number of rotatable bonds is 2. The van der Waals surface area contributed by atoms with Crippen molar-refractivity contribution in [1.82, 2.24) is 14.3 Å². The topological polar surface area (TPSA) is 24.3 Å². The third kappa shape index (κ3) is 3.52. The summed E-state index contributed by atoms with van der Waals surface area (Å²) in [6.07, 6.45) is 4.33. The number of aromatic nitrogens is 2. The molecule has 3 heterocycles. The molecule has 6 rings (SSSR count). The number of imidazole rings is 1. The standard InChI is InChI=1S/C29H29B2N4.Ir/c1-19-11-9-12-20(2)26(19)30-28-24(17-18-33(30)5)32-29-23-15-7-8-16-25(23)34(6)31(35(28)29)27-21(3)13-10-14-22(27)4;/h7-14,16-18H,1-6H3;/q-1;. The van der Waals surface area contributed by atoms with Crippen molar-refractivity contribution in [3.05, 3.63) is 94.8 Å². The molecule has 181 valence electrons. The second-order valence-electron chi connectivity index (χ2n) is 9.99. The first-order valence-electron chi connectivity index (χ1n) is 12.3. The van der Waals surface area contributed by atoms with Crippen LogP contribution in [0.1, 0.15) is 27.9 Å². The maximum Gasteiger partial charge on any atom is 0.399 e. The second kappa shape index (κ2) is 9.14. The maximum atomic E-state index is 5.26. The van der Waals surface area contributed by atoms with Crippen molar-refractivity contribution in [1.29, 1.82) is 0 Å². The van der Waals surface area contributed by atoms with E-state index in [1.807, 2.05) is 6.07 Å². The molecular formula is C29H29B2IrN4-. The molecule has 4 nitrogen and oxygen atoms in total. The van der Waals surface area contributed by atoms with Crippen LogP contribution in [0, 0.1) is 33.8 Å². The summed E-state index contributed by atoms with van der Waals surface area (Å²) in [6.45, 7) is 8.96. The summed E-state index contributed by atoms with van der Waals surface area (Å²) in [5, 5.41) is 0. The minimum Gasteiger partial charge on any atom is -0.436 e. The molecule has 0 amide bonds. The molecule has 0 fully saturated rings. The van der Waals surface area contributed by atoms with Crippen LogP contribution in [-0.4, -0.2) is 42.2 Å². The van der Waals surface area contributed by atoms with Gasteiger partial charge in [0.15, 0.2) is 0 Å². The SMILES string of the molecule is Cc1cccc(C)c1B1c2c(nc3n2B(c2c(C)cccc2C)N(C)c2ccc[c-]c2-3)C=CN1C.[Ir]. The summed E-state index contributed by atoms with van der Waals surface area (Å²) in [5.74, 6) is 0.993. The summed E-state index contributed by atoms with van der Waals surface area (Å²) in [7, 11) is 4.38. The fraction of sp³-hybridized carbons (Fsp3) is 0.207. The van der Waals surface area contributed by atoms with E-state index in [4.69, 9.17) is 4.98 Å². The van der Waals surface area contributed by atoms with E-state index in [2.05, 4.69) is 123 Å². The van der Waals surface area contributed by atoms with Crippen molar-refractivity contribution >= 4 is 42.1 Å². The molecule has 3 aromatic carbocycles. The van der Waals surface area contributed by atoms with Crippen molar-refractivity contribution in [2.75, 3.05) is 18.9 Å². The Bertz CT molecular complexity index is 1470. The van der Waals surface area contributed by atoms with Gasteiger partial charge in [0.1, 0.15) is 0 Å². The van der Waals surface area contributed by atoms with Gasteiger partial charge < -0.3 is 14.1 Å². The summed E-state index contributed by atoms with van der Waals surface area (Å²) in [6, 6.07) is 23.0. The van der Waals surface area contributed by atoms with Crippen LogP contribution < -0.4 is 21.3 Å². The number of benzene rings is 3. The van der Waals surface area contributed by atoms with Crippen LogP contribution in [0.3, 0.4) is 0 Å².